The van der Waals surface area contributed by atoms with E-state index in [1.165, 1.54) is 0 Å². The molecule has 6 heteroatoms. The van der Waals surface area contributed by atoms with Gasteiger partial charge in [0.1, 0.15) is 6.33 Å². The number of benzene rings is 2. The Labute approximate surface area is 141 Å². The van der Waals surface area contributed by atoms with E-state index in [9.17, 15) is 0 Å². The standard InChI is InChI=1S/C16H12N5.Ir/c1-20-10-17-15-13(8-5-9-14(15)20)16-19-18-11-21(16)12-6-3-2-4-7-12;/h2-7,9-11H,1H3;/q-1;. The summed E-state index contributed by atoms with van der Waals surface area (Å²) in [6.45, 7) is 0. The smallest absolute Gasteiger partial charge is 0.114 e. The van der Waals surface area contributed by atoms with Gasteiger partial charge in [0.2, 0.25) is 0 Å². The van der Waals surface area contributed by atoms with Gasteiger partial charge in [-0.15, -0.1) is 23.3 Å². The molecule has 0 amide bonds. The molecule has 111 valence electrons. The van der Waals surface area contributed by atoms with Crippen molar-refractivity contribution < 1.29 is 20.1 Å². The van der Waals surface area contributed by atoms with Crippen molar-refractivity contribution in [3.8, 4) is 17.1 Å². The first-order chi connectivity index (χ1) is 10.3. The van der Waals surface area contributed by atoms with Crippen LogP contribution in [0.15, 0.2) is 55.1 Å². The number of imidazole rings is 1. The zero-order valence-electron chi connectivity index (χ0n) is 11.8. The third kappa shape index (κ3) is 2.26. The average Bonchev–Trinajstić information content (AvgIpc) is 3.15. The maximum absolute atomic E-state index is 4.46. The molecule has 0 aliphatic rings. The van der Waals surface area contributed by atoms with Crippen molar-refractivity contribution in [1.29, 1.82) is 0 Å². The van der Waals surface area contributed by atoms with Crippen molar-refractivity contribution in [2.75, 3.05) is 0 Å². The topological polar surface area (TPSA) is 48.5 Å². The van der Waals surface area contributed by atoms with Gasteiger partial charge in [-0.1, -0.05) is 23.8 Å². The summed E-state index contributed by atoms with van der Waals surface area (Å²) >= 11 is 0. The summed E-state index contributed by atoms with van der Waals surface area (Å²) in [4.78, 5) is 4.46. The molecule has 0 bridgehead atoms. The summed E-state index contributed by atoms with van der Waals surface area (Å²) < 4.78 is 3.93. The molecule has 1 radical (unpaired) electrons. The number of rotatable bonds is 2. The van der Waals surface area contributed by atoms with Crippen LogP contribution < -0.4 is 0 Å². The van der Waals surface area contributed by atoms with Crippen LogP contribution in [0.2, 0.25) is 0 Å². The Hall–Kier alpha value is -2.30. The number of hydrogen-bond acceptors (Lipinski definition) is 3. The molecule has 0 aliphatic heterocycles. The quantitative estimate of drug-likeness (QED) is 0.427. The van der Waals surface area contributed by atoms with Gasteiger partial charge in [0.25, 0.3) is 0 Å². The predicted octanol–water partition coefficient (Wildman–Crippen LogP) is 2.62. The maximum Gasteiger partial charge on any atom is 0.114 e. The number of aromatic nitrogens is 5. The van der Waals surface area contributed by atoms with Crippen LogP contribution in [-0.4, -0.2) is 24.3 Å². The summed E-state index contributed by atoms with van der Waals surface area (Å²) in [6, 6.07) is 17.1. The third-order valence-electron chi connectivity index (χ3n) is 3.49. The van der Waals surface area contributed by atoms with Crippen molar-refractivity contribution in [1.82, 2.24) is 24.3 Å². The minimum absolute atomic E-state index is 0. The Morgan fingerprint density at radius 3 is 2.68 bits per heavy atom. The first-order valence-electron chi connectivity index (χ1n) is 6.62. The van der Waals surface area contributed by atoms with Crippen LogP contribution in [0.5, 0.6) is 0 Å². The molecule has 4 rings (SSSR count). The number of fused-ring (bicyclic) bond motifs is 1. The molecule has 0 saturated carbocycles. The molecule has 2 aromatic heterocycles. The van der Waals surface area contributed by atoms with Gasteiger partial charge < -0.3 is 9.13 Å². The van der Waals surface area contributed by atoms with Gasteiger partial charge in [-0.05, 0) is 17.6 Å². The zero-order valence-corrected chi connectivity index (χ0v) is 14.2. The molecule has 5 nitrogen and oxygen atoms in total. The van der Waals surface area contributed by atoms with Gasteiger partial charge in [-0.25, -0.2) is 0 Å². The predicted molar refractivity (Wildman–Crippen MR) is 79.9 cm³/mol. The molecular weight excluding hydrogens is 454 g/mol. The number of para-hydroxylation sites is 1. The summed E-state index contributed by atoms with van der Waals surface area (Å²) in [7, 11) is 1.97. The van der Waals surface area contributed by atoms with Gasteiger partial charge in [0.15, 0.2) is 0 Å². The summed E-state index contributed by atoms with van der Waals surface area (Å²) in [5, 5.41) is 8.30. The minimum atomic E-state index is 0. The molecule has 0 fully saturated rings. The fraction of sp³-hybridized carbons (Fsp3) is 0.0625. The van der Waals surface area contributed by atoms with Crippen LogP contribution in [0.4, 0.5) is 0 Å². The molecule has 0 aliphatic carbocycles. The fourth-order valence-electron chi connectivity index (χ4n) is 2.45. The Morgan fingerprint density at radius 1 is 1.05 bits per heavy atom. The number of hydrogen-bond donors (Lipinski definition) is 0. The van der Waals surface area contributed by atoms with Crippen molar-refractivity contribution >= 4 is 11.0 Å². The number of aryl methyl sites for hydroxylation is 1. The Balaban J connectivity index is 0.00000144. The molecule has 0 unspecified atom stereocenters. The summed E-state index contributed by atoms with van der Waals surface area (Å²) in [5.41, 5.74) is 3.80. The van der Waals surface area contributed by atoms with Gasteiger partial charge >= 0.3 is 0 Å². The molecule has 22 heavy (non-hydrogen) atoms. The molecule has 0 spiro atoms. The van der Waals surface area contributed by atoms with Crippen molar-refractivity contribution in [3.63, 3.8) is 0 Å². The van der Waals surface area contributed by atoms with E-state index in [2.05, 4.69) is 21.2 Å². The molecule has 0 N–H and O–H groups in total. The third-order valence-corrected chi connectivity index (χ3v) is 3.49. The molecule has 2 aromatic carbocycles. The van der Waals surface area contributed by atoms with Gasteiger partial charge in [-0.2, -0.15) is 5.10 Å². The molecule has 4 aromatic rings. The van der Waals surface area contributed by atoms with Crippen molar-refractivity contribution in [3.05, 3.63) is 61.2 Å². The normalized spacial score (nSPS) is 10.6. The average molecular weight is 467 g/mol. The second-order valence-corrected chi connectivity index (χ2v) is 4.80. The monoisotopic (exact) mass is 467 g/mol. The second kappa shape index (κ2) is 5.83. The van der Waals surface area contributed by atoms with Crippen LogP contribution >= 0.6 is 0 Å². The van der Waals surface area contributed by atoms with E-state index in [4.69, 9.17) is 0 Å². The maximum atomic E-state index is 4.46. The first-order valence-corrected chi connectivity index (χ1v) is 6.62. The minimum Gasteiger partial charge on any atom is -0.352 e. The summed E-state index contributed by atoms with van der Waals surface area (Å²) in [6.07, 6.45) is 3.51. The Morgan fingerprint density at radius 2 is 1.86 bits per heavy atom. The molecule has 0 saturated heterocycles. The van der Waals surface area contributed by atoms with E-state index in [1.807, 2.05) is 58.6 Å². The zero-order chi connectivity index (χ0) is 14.2. The van der Waals surface area contributed by atoms with Crippen LogP contribution in [0.3, 0.4) is 0 Å². The van der Waals surface area contributed by atoms with Crippen LogP contribution in [0.25, 0.3) is 28.1 Å². The van der Waals surface area contributed by atoms with E-state index in [0.29, 0.717) is 0 Å². The van der Waals surface area contributed by atoms with Crippen LogP contribution in [0.1, 0.15) is 0 Å². The van der Waals surface area contributed by atoms with Crippen molar-refractivity contribution in [2.45, 2.75) is 0 Å². The second-order valence-electron chi connectivity index (χ2n) is 4.80. The van der Waals surface area contributed by atoms with Crippen LogP contribution in [0, 0.1) is 6.07 Å². The van der Waals surface area contributed by atoms with Crippen molar-refractivity contribution in [2.24, 2.45) is 7.05 Å². The van der Waals surface area contributed by atoms with E-state index in [0.717, 1.165) is 28.1 Å². The Bertz CT molecular complexity index is 911. The fourth-order valence-corrected chi connectivity index (χ4v) is 2.45. The number of nitrogens with zero attached hydrogens (tertiary/aromatic N) is 5. The SMILES string of the molecule is Cn1cnc2c(-c3nncn3-c3ccccc3)[c-]ccc21.[Ir]. The molecular formula is C16H12IrN5-. The van der Waals surface area contributed by atoms with Gasteiger partial charge in [0.05, 0.1) is 12.2 Å². The van der Waals surface area contributed by atoms with Gasteiger partial charge in [-0.3, -0.25) is 4.98 Å². The first kappa shape index (κ1) is 14.6. The van der Waals surface area contributed by atoms with E-state index in [-0.39, 0.29) is 20.1 Å². The van der Waals surface area contributed by atoms with E-state index in [1.54, 1.807) is 12.7 Å². The Kier molecular flexibility index (Phi) is 3.88. The largest absolute Gasteiger partial charge is 0.352 e. The van der Waals surface area contributed by atoms with Gasteiger partial charge in [0, 0.05) is 38.4 Å². The molecule has 2 heterocycles. The van der Waals surface area contributed by atoms with E-state index < -0.39 is 0 Å². The molecule has 0 atom stereocenters. The van der Waals surface area contributed by atoms with Crippen LogP contribution in [-0.2, 0) is 27.2 Å². The summed E-state index contributed by atoms with van der Waals surface area (Å²) in [5.74, 6) is 0.741. The van der Waals surface area contributed by atoms with E-state index >= 15 is 0 Å².